The van der Waals surface area contributed by atoms with Gasteiger partial charge in [-0.25, -0.2) is 0 Å². The number of aromatic nitrogens is 2. The van der Waals surface area contributed by atoms with Crippen molar-refractivity contribution in [2.75, 3.05) is 5.73 Å². The Hall–Kier alpha value is -2.42. The lowest BCUT2D eigenvalue weighted by atomic mass is 10.0. The van der Waals surface area contributed by atoms with Gasteiger partial charge in [0.05, 0.1) is 17.4 Å². The Morgan fingerprint density at radius 1 is 1.00 bits per heavy atom. The minimum absolute atomic E-state index is 0.691. The Bertz CT molecular complexity index is 677. The van der Waals surface area contributed by atoms with Gasteiger partial charge in [-0.05, 0) is 29.8 Å². The van der Waals surface area contributed by atoms with Crippen molar-refractivity contribution in [2.45, 2.75) is 0 Å². The standard InChI is InChI=1S/C14H11N3/c15-13-9-16-7-5-12(13)10-3-4-14-11(8-10)2-1-6-17-14/h1-9H,15H2. The Morgan fingerprint density at radius 2 is 1.94 bits per heavy atom. The van der Waals surface area contributed by atoms with Crippen molar-refractivity contribution in [1.82, 2.24) is 9.97 Å². The first-order chi connectivity index (χ1) is 8.34. The van der Waals surface area contributed by atoms with Crippen molar-refractivity contribution in [3.63, 3.8) is 0 Å². The van der Waals surface area contributed by atoms with Crippen LogP contribution in [-0.4, -0.2) is 9.97 Å². The third-order valence-corrected chi connectivity index (χ3v) is 2.77. The third-order valence-electron chi connectivity index (χ3n) is 2.77. The van der Waals surface area contributed by atoms with Crippen molar-refractivity contribution in [2.24, 2.45) is 0 Å². The summed E-state index contributed by atoms with van der Waals surface area (Å²) in [6, 6.07) is 12.0. The van der Waals surface area contributed by atoms with Crippen molar-refractivity contribution in [1.29, 1.82) is 0 Å². The lowest BCUT2D eigenvalue weighted by molar-refractivity contribution is 1.33. The molecule has 1 aromatic carbocycles. The maximum Gasteiger partial charge on any atom is 0.0702 e. The van der Waals surface area contributed by atoms with Gasteiger partial charge in [0.2, 0.25) is 0 Å². The van der Waals surface area contributed by atoms with E-state index in [0.717, 1.165) is 22.0 Å². The van der Waals surface area contributed by atoms with Crippen LogP contribution in [0, 0.1) is 0 Å². The summed E-state index contributed by atoms with van der Waals surface area (Å²) in [6.07, 6.45) is 5.21. The van der Waals surface area contributed by atoms with Crippen LogP contribution in [0.15, 0.2) is 55.0 Å². The fourth-order valence-electron chi connectivity index (χ4n) is 1.91. The molecule has 0 bridgehead atoms. The molecule has 82 valence electrons. The molecule has 17 heavy (non-hydrogen) atoms. The van der Waals surface area contributed by atoms with Gasteiger partial charge < -0.3 is 5.73 Å². The van der Waals surface area contributed by atoms with Crippen LogP contribution in [0.3, 0.4) is 0 Å². The highest BCUT2D eigenvalue weighted by molar-refractivity contribution is 5.86. The van der Waals surface area contributed by atoms with Crippen LogP contribution < -0.4 is 5.73 Å². The second-order valence-electron chi connectivity index (χ2n) is 3.87. The van der Waals surface area contributed by atoms with Gasteiger partial charge in [0, 0.05) is 23.3 Å². The number of benzene rings is 1. The number of anilines is 1. The largest absolute Gasteiger partial charge is 0.397 e. The normalized spacial score (nSPS) is 10.6. The highest BCUT2D eigenvalue weighted by Crippen LogP contribution is 2.27. The molecular weight excluding hydrogens is 210 g/mol. The first-order valence-electron chi connectivity index (χ1n) is 5.39. The first kappa shape index (κ1) is 9.78. The molecule has 2 N–H and O–H groups in total. The number of nitrogens with zero attached hydrogens (tertiary/aromatic N) is 2. The molecule has 0 aliphatic heterocycles. The van der Waals surface area contributed by atoms with Gasteiger partial charge in [0.1, 0.15) is 0 Å². The van der Waals surface area contributed by atoms with E-state index >= 15 is 0 Å². The molecule has 0 aliphatic rings. The van der Waals surface area contributed by atoms with Gasteiger partial charge in [0.15, 0.2) is 0 Å². The van der Waals surface area contributed by atoms with Crippen LogP contribution in [0.2, 0.25) is 0 Å². The van der Waals surface area contributed by atoms with Crippen molar-refractivity contribution in [3.8, 4) is 11.1 Å². The van der Waals surface area contributed by atoms with Gasteiger partial charge in [-0.15, -0.1) is 0 Å². The number of nitrogen functional groups attached to an aromatic ring is 1. The number of pyridine rings is 2. The third kappa shape index (κ3) is 1.72. The van der Waals surface area contributed by atoms with E-state index in [-0.39, 0.29) is 0 Å². The quantitative estimate of drug-likeness (QED) is 0.687. The molecular formula is C14H11N3. The lowest BCUT2D eigenvalue weighted by Crippen LogP contribution is -1.90. The van der Waals surface area contributed by atoms with Crippen LogP contribution in [0.5, 0.6) is 0 Å². The van der Waals surface area contributed by atoms with Gasteiger partial charge in [-0.1, -0.05) is 12.1 Å². The van der Waals surface area contributed by atoms with E-state index in [1.807, 2.05) is 30.3 Å². The SMILES string of the molecule is Nc1cnccc1-c1ccc2ncccc2c1. The molecule has 0 saturated heterocycles. The van der Waals surface area contributed by atoms with Gasteiger partial charge in [-0.2, -0.15) is 0 Å². The van der Waals surface area contributed by atoms with Crippen LogP contribution in [-0.2, 0) is 0 Å². The van der Waals surface area contributed by atoms with E-state index in [9.17, 15) is 0 Å². The second kappa shape index (κ2) is 3.87. The van der Waals surface area contributed by atoms with E-state index in [1.54, 1.807) is 18.6 Å². The molecule has 0 amide bonds. The fraction of sp³-hybridized carbons (Fsp3) is 0. The van der Waals surface area contributed by atoms with Crippen molar-refractivity contribution < 1.29 is 0 Å². The zero-order chi connectivity index (χ0) is 11.7. The molecule has 0 unspecified atom stereocenters. The van der Waals surface area contributed by atoms with Crippen molar-refractivity contribution in [3.05, 3.63) is 55.0 Å². The number of rotatable bonds is 1. The maximum atomic E-state index is 5.92. The van der Waals surface area contributed by atoms with Crippen LogP contribution in [0.25, 0.3) is 22.0 Å². The number of hydrogen-bond donors (Lipinski definition) is 1. The molecule has 3 rings (SSSR count). The van der Waals surface area contributed by atoms with E-state index in [2.05, 4.69) is 16.0 Å². The maximum absolute atomic E-state index is 5.92. The zero-order valence-corrected chi connectivity index (χ0v) is 9.17. The van der Waals surface area contributed by atoms with E-state index in [0.29, 0.717) is 5.69 Å². The molecule has 3 heteroatoms. The predicted molar refractivity (Wildman–Crippen MR) is 69.4 cm³/mol. The summed E-state index contributed by atoms with van der Waals surface area (Å²) in [5, 5.41) is 1.11. The summed E-state index contributed by atoms with van der Waals surface area (Å²) in [7, 11) is 0. The molecule has 3 aromatic rings. The van der Waals surface area contributed by atoms with Gasteiger partial charge >= 0.3 is 0 Å². The Balaban J connectivity index is 2.22. The first-order valence-corrected chi connectivity index (χ1v) is 5.39. The van der Waals surface area contributed by atoms with Crippen LogP contribution >= 0.6 is 0 Å². The molecule has 0 atom stereocenters. The number of hydrogen-bond acceptors (Lipinski definition) is 3. The van der Waals surface area contributed by atoms with E-state index < -0.39 is 0 Å². The Labute approximate surface area is 98.9 Å². The topological polar surface area (TPSA) is 51.8 Å². The Morgan fingerprint density at radius 3 is 2.82 bits per heavy atom. The summed E-state index contributed by atoms with van der Waals surface area (Å²) < 4.78 is 0. The van der Waals surface area contributed by atoms with E-state index in [4.69, 9.17) is 5.73 Å². The molecule has 0 saturated carbocycles. The average Bonchev–Trinajstić information content (AvgIpc) is 2.39. The predicted octanol–water partition coefficient (Wildman–Crippen LogP) is 2.88. The second-order valence-corrected chi connectivity index (χ2v) is 3.87. The van der Waals surface area contributed by atoms with Crippen molar-refractivity contribution >= 4 is 16.6 Å². The molecule has 0 spiro atoms. The zero-order valence-electron chi connectivity index (χ0n) is 9.17. The van der Waals surface area contributed by atoms with Crippen LogP contribution in [0.4, 0.5) is 5.69 Å². The minimum Gasteiger partial charge on any atom is -0.397 e. The molecule has 0 radical (unpaired) electrons. The van der Waals surface area contributed by atoms with Crippen LogP contribution in [0.1, 0.15) is 0 Å². The summed E-state index contributed by atoms with van der Waals surface area (Å²) in [6.45, 7) is 0. The molecule has 2 heterocycles. The fourth-order valence-corrected chi connectivity index (χ4v) is 1.91. The lowest BCUT2D eigenvalue weighted by Gasteiger charge is -2.06. The highest BCUT2D eigenvalue weighted by atomic mass is 14.7. The highest BCUT2D eigenvalue weighted by Gasteiger charge is 2.03. The number of nitrogens with two attached hydrogens (primary N) is 1. The Kier molecular flexibility index (Phi) is 2.22. The molecule has 0 fully saturated rings. The van der Waals surface area contributed by atoms with Gasteiger partial charge in [-0.3, -0.25) is 9.97 Å². The summed E-state index contributed by atoms with van der Waals surface area (Å²) in [5.74, 6) is 0. The average molecular weight is 221 g/mol. The smallest absolute Gasteiger partial charge is 0.0702 e. The minimum atomic E-state index is 0.691. The summed E-state index contributed by atoms with van der Waals surface area (Å²) in [5.41, 5.74) is 9.69. The number of fused-ring (bicyclic) bond motifs is 1. The molecule has 2 aromatic heterocycles. The summed E-state index contributed by atoms with van der Waals surface area (Å²) >= 11 is 0. The molecule has 3 nitrogen and oxygen atoms in total. The summed E-state index contributed by atoms with van der Waals surface area (Å²) in [4.78, 5) is 8.29. The monoisotopic (exact) mass is 221 g/mol. The van der Waals surface area contributed by atoms with E-state index in [1.165, 1.54) is 0 Å². The molecule has 0 aliphatic carbocycles. The van der Waals surface area contributed by atoms with Gasteiger partial charge in [0.25, 0.3) is 0 Å².